The minimum atomic E-state index is -0.241. The molecule has 0 fully saturated rings. The van der Waals surface area contributed by atoms with E-state index in [9.17, 15) is 4.39 Å². The van der Waals surface area contributed by atoms with Gasteiger partial charge in [-0.25, -0.2) is 9.07 Å². The zero-order chi connectivity index (χ0) is 13.0. The van der Waals surface area contributed by atoms with E-state index >= 15 is 0 Å². The molecule has 0 unspecified atom stereocenters. The number of hydrogen-bond donors (Lipinski definition) is 1. The van der Waals surface area contributed by atoms with Crippen molar-refractivity contribution in [2.45, 2.75) is 13.5 Å². The van der Waals surface area contributed by atoms with E-state index in [1.165, 1.54) is 12.1 Å². The van der Waals surface area contributed by atoms with Crippen LogP contribution in [0.15, 0.2) is 48.8 Å². The minimum Gasteiger partial charge on any atom is -0.309 e. The summed E-state index contributed by atoms with van der Waals surface area (Å²) in [4.78, 5) is 0. The van der Waals surface area contributed by atoms with Crippen LogP contribution >= 0.6 is 0 Å². The van der Waals surface area contributed by atoms with E-state index in [0.29, 0.717) is 0 Å². The Morgan fingerprint density at radius 2 is 2.11 bits per heavy atom. The second-order valence-electron chi connectivity index (χ2n) is 4.33. The first-order valence-corrected chi connectivity index (χ1v) is 5.80. The highest BCUT2D eigenvalue weighted by Crippen LogP contribution is 2.09. The predicted molar refractivity (Wildman–Crippen MR) is 70.0 cm³/mol. The summed E-state index contributed by atoms with van der Waals surface area (Å²) >= 11 is 0. The molecule has 2 rings (SSSR count). The summed E-state index contributed by atoms with van der Waals surface area (Å²) in [5, 5.41) is 7.51. The van der Waals surface area contributed by atoms with E-state index in [-0.39, 0.29) is 5.82 Å². The summed E-state index contributed by atoms with van der Waals surface area (Å²) < 4.78 is 14.5. The molecular weight excluding hydrogens is 229 g/mol. The SMILES string of the molecule is C=C(C)CNCc1cnn(-c2ccc(F)cc2)c1. The van der Waals surface area contributed by atoms with Gasteiger partial charge in [-0.05, 0) is 31.2 Å². The van der Waals surface area contributed by atoms with Crippen molar-refractivity contribution in [3.63, 3.8) is 0 Å². The van der Waals surface area contributed by atoms with Crippen molar-refractivity contribution < 1.29 is 4.39 Å². The average molecular weight is 245 g/mol. The number of rotatable bonds is 5. The van der Waals surface area contributed by atoms with Crippen LogP contribution in [0.1, 0.15) is 12.5 Å². The van der Waals surface area contributed by atoms with Gasteiger partial charge >= 0.3 is 0 Å². The molecule has 0 atom stereocenters. The number of aromatic nitrogens is 2. The summed E-state index contributed by atoms with van der Waals surface area (Å²) in [6.07, 6.45) is 3.73. The van der Waals surface area contributed by atoms with Crippen LogP contribution < -0.4 is 5.32 Å². The molecule has 0 aliphatic rings. The van der Waals surface area contributed by atoms with Crippen LogP contribution in [0.5, 0.6) is 0 Å². The molecule has 3 nitrogen and oxygen atoms in total. The number of hydrogen-bond acceptors (Lipinski definition) is 2. The highest BCUT2D eigenvalue weighted by Gasteiger charge is 2.01. The molecule has 0 bridgehead atoms. The molecule has 1 aromatic heterocycles. The third kappa shape index (κ3) is 3.28. The fourth-order valence-electron chi connectivity index (χ4n) is 1.61. The Kier molecular flexibility index (Phi) is 3.89. The lowest BCUT2D eigenvalue weighted by atomic mass is 10.3. The van der Waals surface area contributed by atoms with Gasteiger partial charge in [-0.3, -0.25) is 0 Å². The van der Waals surface area contributed by atoms with Crippen LogP contribution in [0.25, 0.3) is 5.69 Å². The van der Waals surface area contributed by atoms with Crippen molar-refractivity contribution in [2.24, 2.45) is 0 Å². The molecule has 0 spiro atoms. The monoisotopic (exact) mass is 245 g/mol. The Hall–Kier alpha value is -1.94. The first kappa shape index (κ1) is 12.5. The van der Waals surface area contributed by atoms with Gasteiger partial charge in [0.1, 0.15) is 5.82 Å². The van der Waals surface area contributed by atoms with Crippen LogP contribution in [0.4, 0.5) is 4.39 Å². The Balaban J connectivity index is 2.01. The van der Waals surface area contributed by atoms with Gasteiger partial charge < -0.3 is 5.32 Å². The Labute approximate surface area is 106 Å². The van der Waals surface area contributed by atoms with Gasteiger partial charge in [0.25, 0.3) is 0 Å². The maximum absolute atomic E-state index is 12.8. The number of nitrogens with one attached hydrogen (secondary N) is 1. The fourth-order valence-corrected chi connectivity index (χ4v) is 1.61. The molecule has 94 valence electrons. The lowest BCUT2D eigenvalue weighted by Crippen LogP contribution is -2.14. The number of benzene rings is 1. The van der Waals surface area contributed by atoms with Crippen LogP contribution in [-0.4, -0.2) is 16.3 Å². The zero-order valence-electron chi connectivity index (χ0n) is 10.4. The van der Waals surface area contributed by atoms with E-state index in [1.807, 2.05) is 13.1 Å². The van der Waals surface area contributed by atoms with Crippen LogP contribution in [-0.2, 0) is 6.54 Å². The normalized spacial score (nSPS) is 10.6. The summed E-state index contributed by atoms with van der Waals surface area (Å²) in [6.45, 7) is 7.35. The van der Waals surface area contributed by atoms with Crippen LogP contribution in [0.2, 0.25) is 0 Å². The van der Waals surface area contributed by atoms with Gasteiger partial charge in [-0.15, -0.1) is 0 Å². The summed E-state index contributed by atoms with van der Waals surface area (Å²) in [5.74, 6) is -0.241. The molecule has 0 aliphatic heterocycles. The Morgan fingerprint density at radius 1 is 1.39 bits per heavy atom. The molecule has 0 saturated carbocycles. The molecule has 1 N–H and O–H groups in total. The second kappa shape index (κ2) is 5.60. The van der Waals surface area contributed by atoms with Crippen LogP contribution in [0, 0.1) is 5.82 Å². The minimum absolute atomic E-state index is 0.241. The average Bonchev–Trinajstić information content (AvgIpc) is 2.78. The van der Waals surface area contributed by atoms with Crippen molar-refractivity contribution in [1.82, 2.24) is 15.1 Å². The zero-order valence-corrected chi connectivity index (χ0v) is 10.4. The quantitative estimate of drug-likeness (QED) is 0.821. The standard InChI is InChI=1S/C14H16FN3/c1-11(2)7-16-8-12-9-17-18(10-12)14-5-3-13(15)4-6-14/h3-6,9-10,16H,1,7-8H2,2H3. The first-order valence-electron chi connectivity index (χ1n) is 5.80. The Bertz CT molecular complexity index is 528. The maximum Gasteiger partial charge on any atom is 0.123 e. The highest BCUT2D eigenvalue weighted by molar-refractivity contribution is 5.31. The molecule has 0 amide bonds. The van der Waals surface area contributed by atoms with E-state index in [2.05, 4.69) is 17.0 Å². The molecule has 18 heavy (non-hydrogen) atoms. The van der Waals surface area contributed by atoms with E-state index < -0.39 is 0 Å². The van der Waals surface area contributed by atoms with E-state index in [0.717, 1.165) is 29.9 Å². The summed E-state index contributed by atoms with van der Waals surface area (Å²) in [6, 6.07) is 6.26. The van der Waals surface area contributed by atoms with Crippen molar-refractivity contribution in [2.75, 3.05) is 6.54 Å². The second-order valence-corrected chi connectivity index (χ2v) is 4.33. The van der Waals surface area contributed by atoms with Gasteiger partial charge in [0.15, 0.2) is 0 Å². The smallest absolute Gasteiger partial charge is 0.123 e. The van der Waals surface area contributed by atoms with Gasteiger partial charge in [-0.2, -0.15) is 5.10 Å². The van der Waals surface area contributed by atoms with Gasteiger partial charge in [0, 0.05) is 24.8 Å². The van der Waals surface area contributed by atoms with Gasteiger partial charge in [-0.1, -0.05) is 12.2 Å². The molecular formula is C14H16FN3. The number of halogens is 1. The third-order valence-electron chi connectivity index (χ3n) is 2.48. The van der Waals surface area contributed by atoms with E-state index in [1.54, 1.807) is 23.0 Å². The van der Waals surface area contributed by atoms with Gasteiger partial charge in [0.2, 0.25) is 0 Å². The molecule has 0 saturated heterocycles. The lowest BCUT2D eigenvalue weighted by molar-refractivity contribution is 0.627. The van der Waals surface area contributed by atoms with Gasteiger partial charge in [0.05, 0.1) is 11.9 Å². The van der Waals surface area contributed by atoms with Crippen LogP contribution in [0.3, 0.4) is 0 Å². The molecule has 1 aromatic carbocycles. The lowest BCUT2D eigenvalue weighted by Gasteiger charge is -2.02. The molecule has 0 aliphatic carbocycles. The molecule has 1 heterocycles. The summed E-state index contributed by atoms with van der Waals surface area (Å²) in [7, 11) is 0. The molecule has 2 aromatic rings. The topological polar surface area (TPSA) is 29.9 Å². The predicted octanol–water partition coefficient (Wildman–Crippen LogP) is 2.68. The molecule has 4 heteroatoms. The largest absolute Gasteiger partial charge is 0.309 e. The third-order valence-corrected chi connectivity index (χ3v) is 2.48. The highest BCUT2D eigenvalue weighted by atomic mass is 19.1. The Morgan fingerprint density at radius 3 is 2.78 bits per heavy atom. The van der Waals surface area contributed by atoms with Crippen molar-refractivity contribution in [1.29, 1.82) is 0 Å². The summed E-state index contributed by atoms with van der Waals surface area (Å²) in [5.41, 5.74) is 3.03. The molecule has 0 radical (unpaired) electrons. The van der Waals surface area contributed by atoms with Crippen molar-refractivity contribution in [3.05, 3.63) is 60.2 Å². The van der Waals surface area contributed by atoms with E-state index in [4.69, 9.17) is 0 Å². The number of nitrogens with zero attached hydrogens (tertiary/aromatic N) is 2. The van der Waals surface area contributed by atoms with Crippen molar-refractivity contribution in [3.8, 4) is 5.69 Å². The first-order chi connectivity index (χ1) is 8.65. The maximum atomic E-state index is 12.8. The fraction of sp³-hybridized carbons (Fsp3) is 0.214. The van der Waals surface area contributed by atoms with Crippen molar-refractivity contribution >= 4 is 0 Å².